The van der Waals surface area contributed by atoms with Crippen molar-refractivity contribution in [1.82, 2.24) is 15.2 Å². The minimum absolute atomic E-state index is 0.558. The predicted molar refractivity (Wildman–Crippen MR) is 85.2 cm³/mol. The first-order chi connectivity index (χ1) is 10.3. The van der Waals surface area contributed by atoms with Crippen molar-refractivity contribution in [3.8, 4) is 0 Å². The number of hydrogen-bond acceptors (Lipinski definition) is 3. The lowest BCUT2D eigenvalue weighted by Gasteiger charge is -2.30. The van der Waals surface area contributed by atoms with Crippen LogP contribution in [0.5, 0.6) is 0 Å². The van der Waals surface area contributed by atoms with Gasteiger partial charge in [0.05, 0.1) is 0 Å². The fourth-order valence-electron chi connectivity index (χ4n) is 3.17. The highest BCUT2D eigenvalue weighted by Gasteiger charge is 2.23. The number of benzene rings is 1. The van der Waals surface area contributed by atoms with E-state index in [9.17, 15) is 0 Å². The van der Waals surface area contributed by atoms with E-state index in [2.05, 4.69) is 50.4 Å². The predicted octanol–water partition coefficient (Wildman–Crippen LogP) is 3.84. The van der Waals surface area contributed by atoms with Gasteiger partial charge in [0.1, 0.15) is 5.82 Å². The smallest absolute Gasteiger partial charge is 0.245 e. The molecule has 1 heterocycles. The zero-order valence-corrected chi connectivity index (χ0v) is 12.8. The Morgan fingerprint density at radius 3 is 2.43 bits per heavy atom. The summed E-state index contributed by atoms with van der Waals surface area (Å²) in [6.45, 7) is 2.85. The van der Waals surface area contributed by atoms with Crippen molar-refractivity contribution in [3.63, 3.8) is 0 Å². The molecule has 0 bridgehead atoms. The lowest BCUT2D eigenvalue weighted by Crippen LogP contribution is -2.35. The van der Waals surface area contributed by atoms with E-state index in [-0.39, 0.29) is 0 Å². The summed E-state index contributed by atoms with van der Waals surface area (Å²) in [5.41, 5.74) is 1.32. The minimum Gasteiger partial charge on any atom is -0.332 e. The van der Waals surface area contributed by atoms with Crippen LogP contribution in [0.25, 0.3) is 0 Å². The average molecular weight is 284 g/mol. The summed E-state index contributed by atoms with van der Waals surface area (Å²) in [6.07, 6.45) is 7.87. The molecule has 0 radical (unpaired) electrons. The van der Waals surface area contributed by atoms with Gasteiger partial charge < -0.3 is 4.90 Å². The lowest BCUT2D eigenvalue weighted by atomic mass is 10.1. The van der Waals surface area contributed by atoms with Crippen molar-refractivity contribution in [1.29, 1.82) is 0 Å². The lowest BCUT2D eigenvalue weighted by molar-refractivity contribution is 0.514. The number of nitrogens with one attached hydrogen (secondary N) is 1. The number of aromatic amines is 1. The molecule has 0 spiro atoms. The molecule has 4 nitrogen and oxygen atoms in total. The van der Waals surface area contributed by atoms with Gasteiger partial charge in [-0.2, -0.15) is 4.98 Å². The molecule has 1 fully saturated rings. The number of aromatic nitrogens is 3. The summed E-state index contributed by atoms with van der Waals surface area (Å²) >= 11 is 0. The highest BCUT2D eigenvalue weighted by molar-refractivity contribution is 5.33. The third kappa shape index (κ3) is 3.63. The molecular formula is C17H24N4. The quantitative estimate of drug-likeness (QED) is 0.868. The first-order valence-electron chi connectivity index (χ1n) is 8.02. The van der Waals surface area contributed by atoms with Gasteiger partial charge >= 0.3 is 0 Å². The molecule has 1 aliphatic carbocycles. The number of aryl methyl sites for hydroxylation is 1. The molecule has 0 unspecified atom stereocenters. The largest absolute Gasteiger partial charge is 0.332 e. The molecule has 1 N–H and O–H groups in total. The first-order valence-corrected chi connectivity index (χ1v) is 8.02. The van der Waals surface area contributed by atoms with Gasteiger partial charge in [-0.15, -0.1) is 5.10 Å². The van der Waals surface area contributed by atoms with Crippen LogP contribution in [0.4, 0.5) is 5.95 Å². The van der Waals surface area contributed by atoms with Crippen LogP contribution in [0.1, 0.15) is 49.9 Å². The van der Waals surface area contributed by atoms with Gasteiger partial charge in [0.25, 0.3) is 0 Å². The second-order valence-corrected chi connectivity index (χ2v) is 5.98. The Kier molecular flexibility index (Phi) is 4.53. The average Bonchev–Trinajstić information content (AvgIpc) is 2.77. The standard InChI is InChI=1S/C17H24N4/c1-14-18-17(20-19-14)21(13-15-9-5-4-6-10-15)16-11-7-2-3-8-12-16/h4-6,9-10,16H,2-3,7-8,11-13H2,1H3,(H,18,19,20). The topological polar surface area (TPSA) is 44.8 Å². The maximum atomic E-state index is 4.57. The van der Waals surface area contributed by atoms with Gasteiger partial charge in [0.2, 0.25) is 5.95 Å². The van der Waals surface area contributed by atoms with E-state index in [4.69, 9.17) is 0 Å². The molecular weight excluding hydrogens is 260 g/mol. The van der Waals surface area contributed by atoms with Gasteiger partial charge in [0, 0.05) is 12.6 Å². The minimum atomic E-state index is 0.558. The third-order valence-corrected chi connectivity index (χ3v) is 4.30. The van der Waals surface area contributed by atoms with Gasteiger partial charge in [0.15, 0.2) is 0 Å². The number of H-pyrrole nitrogens is 1. The van der Waals surface area contributed by atoms with E-state index in [1.54, 1.807) is 0 Å². The highest BCUT2D eigenvalue weighted by Crippen LogP contribution is 2.26. The Hall–Kier alpha value is -1.84. The van der Waals surface area contributed by atoms with Gasteiger partial charge in [-0.1, -0.05) is 56.0 Å². The second-order valence-electron chi connectivity index (χ2n) is 5.98. The Morgan fingerprint density at radius 2 is 1.81 bits per heavy atom. The molecule has 0 saturated heterocycles. The van der Waals surface area contributed by atoms with Crippen LogP contribution in [-0.4, -0.2) is 21.2 Å². The second kappa shape index (κ2) is 6.74. The highest BCUT2D eigenvalue weighted by atomic mass is 15.4. The van der Waals surface area contributed by atoms with Crippen molar-refractivity contribution in [3.05, 3.63) is 41.7 Å². The fourth-order valence-corrected chi connectivity index (χ4v) is 3.17. The van der Waals surface area contributed by atoms with Crippen LogP contribution in [0.2, 0.25) is 0 Å². The van der Waals surface area contributed by atoms with Crippen molar-refractivity contribution >= 4 is 5.95 Å². The zero-order chi connectivity index (χ0) is 14.5. The van der Waals surface area contributed by atoms with Crippen LogP contribution >= 0.6 is 0 Å². The Labute approximate surface area is 126 Å². The SMILES string of the molecule is Cc1nc(N(Cc2ccccc2)C2CCCCCC2)n[nH]1. The summed E-state index contributed by atoms with van der Waals surface area (Å²) < 4.78 is 0. The fraction of sp³-hybridized carbons (Fsp3) is 0.529. The van der Waals surface area contributed by atoms with Gasteiger partial charge in [-0.3, -0.25) is 5.10 Å². The van der Waals surface area contributed by atoms with Crippen molar-refractivity contribution in [2.24, 2.45) is 0 Å². The molecule has 1 aromatic heterocycles. The monoisotopic (exact) mass is 284 g/mol. The van der Waals surface area contributed by atoms with Gasteiger partial charge in [-0.05, 0) is 25.3 Å². The van der Waals surface area contributed by atoms with E-state index in [0.717, 1.165) is 18.3 Å². The number of hydrogen-bond donors (Lipinski definition) is 1. The van der Waals surface area contributed by atoms with E-state index >= 15 is 0 Å². The maximum Gasteiger partial charge on any atom is 0.245 e. The Bertz CT molecular complexity index is 541. The van der Waals surface area contributed by atoms with Crippen LogP contribution in [0, 0.1) is 6.92 Å². The molecule has 1 aromatic carbocycles. The zero-order valence-electron chi connectivity index (χ0n) is 12.8. The van der Waals surface area contributed by atoms with Crippen molar-refractivity contribution in [2.75, 3.05) is 4.90 Å². The first kappa shape index (κ1) is 14.1. The number of anilines is 1. The van der Waals surface area contributed by atoms with Crippen LogP contribution in [-0.2, 0) is 6.54 Å². The summed E-state index contributed by atoms with van der Waals surface area (Å²) in [4.78, 5) is 6.97. The number of rotatable bonds is 4. The van der Waals surface area contributed by atoms with Crippen molar-refractivity contribution < 1.29 is 0 Å². The number of nitrogens with zero attached hydrogens (tertiary/aromatic N) is 3. The molecule has 112 valence electrons. The Morgan fingerprint density at radius 1 is 1.10 bits per heavy atom. The normalized spacial score (nSPS) is 16.6. The van der Waals surface area contributed by atoms with Crippen molar-refractivity contribution in [2.45, 2.75) is 58.0 Å². The van der Waals surface area contributed by atoms with Crippen LogP contribution in [0.15, 0.2) is 30.3 Å². The molecule has 1 aliphatic rings. The van der Waals surface area contributed by atoms with E-state index in [1.165, 1.54) is 44.1 Å². The summed E-state index contributed by atoms with van der Waals surface area (Å²) in [7, 11) is 0. The third-order valence-electron chi connectivity index (χ3n) is 4.30. The molecule has 0 aliphatic heterocycles. The molecule has 1 saturated carbocycles. The van der Waals surface area contributed by atoms with E-state index in [0.29, 0.717) is 6.04 Å². The molecule has 4 heteroatoms. The molecule has 3 rings (SSSR count). The molecule has 0 amide bonds. The molecule has 21 heavy (non-hydrogen) atoms. The summed E-state index contributed by atoms with van der Waals surface area (Å²) in [6, 6.07) is 11.2. The summed E-state index contributed by atoms with van der Waals surface area (Å²) in [5, 5.41) is 7.39. The maximum absolute atomic E-state index is 4.57. The molecule has 2 aromatic rings. The Balaban J connectivity index is 1.83. The van der Waals surface area contributed by atoms with E-state index in [1.807, 2.05) is 6.92 Å². The van der Waals surface area contributed by atoms with Crippen LogP contribution in [0.3, 0.4) is 0 Å². The van der Waals surface area contributed by atoms with E-state index < -0.39 is 0 Å². The summed E-state index contributed by atoms with van der Waals surface area (Å²) in [5.74, 6) is 1.74. The molecule has 0 atom stereocenters. The van der Waals surface area contributed by atoms with Gasteiger partial charge in [-0.25, -0.2) is 0 Å². The van der Waals surface area contributed by atoms with Crippen LogP contribution < -0.4 is 4.90 Å².